The Morgan fingerprint density at radius 1 is 1.15 bits per heavy atom. The first-order valence-corrected chi connectivity index (χ1v) is 10.9. The number of likely N-dealkylation sites (tertiary alicyclic amines) is 1. The molecule has 146 valence electrons. The molecule has 0 saturated carbocycles. The van der Waals surface area contributed by atoms with Crippen molar-refractivity contribution in [3.63, 3.8) is 0 Å². The fraction of sp³-hybridized carbons (Fsp3) is 0.389. The predicted molar refractivity (Wildman–Crippen MR) is 103 cm³/mol. The van der Waals surface area contributed by atoms with Crippen LogP contribution in [-0.2, 0) is 10.0 Å². The number of ether oxygens (including phenoxy) is 2. The number of methoxy groups -OCH3 is 2. The van der Waals surface area contributed by atoms with Gasteiger partial charge in [-0.3, -0.25) is 4.79 Å². The monoisotopic (exact) mass is 410 g/mol. The number of rotatable bonds is 6. The molecule has 9 heteroatoms. The molecule has 2 aromatic rings. The van der Waals surface area contributed by atoms with Gasteiger partial charge in [0, 0.05) is 24.7 Å². The minimum atomic E-state index is -3.49. The van der Waals surface area contributed by atoms with E-state index in [4.69, 9.17) is 9.47 Å². The second-order valence-corrected chi connectivity index (χ2v) is 9.08. The molecule has 2 heterocycles. The van der Waals surface area contributed by atoms with Gasteiger partial charge in [-0.2, -0.15) is 0 Å². The minimum absolute atomic E-state index is 0.101. The first kappa shape index (κ1) is 19.7. The number of thiophene rings is 1. The van der Waals surface area contributed by atoms with Gasteiger partial charge in [-0.15, -0.1) is 11.3 Å². The van der Waals surface area contributed by atoms with Crippen molar-refractivity contribution in [2.75, 3.05) is 27.3 Å². The Morgan fingerprint density at radius 3 is 2.44 bits per heavy atom. The first-order valence-electron chi connectivity index (χ1n) is 8.51. The number of hydrogen-bond donors (Lipinski definition) is 1. The highest BCUT2D eigenvalue weighted by Crippen LogP contribution is 2.28. The molecule has 0 spiro atoms. The van der Waals surface area contributed by atoms with E-state index in [9.17, 15) is 13.2 Å². The van der Waals surface area contributed by atoms with Gasteiger partial charge in [0.15, 0.2) is 11.5 Å². The molecule has 0 radical (unpaired) electrons. The second kappa shape index (κ2) is 8.28. The number of carbonyl (C=O) groups is 1. The zero-order chi connectivity index (χ0) is 19.4. The Hall–Kier alpha value is -2.10. The lowest BCUT2D eigenvalue weighted by atomic mass is 10.0. The van der Waals surface area contributed by atoms with Crippen molar-refractivity contribution in [2.45, 2.75) is 23.1 Å². The Balaban J connectivity index is 1.61. The largest absolute Gasteiger partial charge is 0.493 e. The number of piperidine rings is 1. The highest BCUT2D eigenvalue weighted by Gasteiger charge is 2.28. The first-order chi connectivity index (χ1) is 12.9. The molecule has 1 aromatic carbocycles. The summed E-state index contributed by atoms with van der Waals surface area (Å²) in [5.74, 6) is 0.966. The Labute approximate surface area is 163 Å². The van der Waals surface area contributed by atoms with Gasteiger partial charge < -0.3 is 14.4 Å². The average molecular weight is 411 g/mol. The lowest BCUT2D eigenvalue weighted by molar-refractivity contribution is 0.0711. The van der Waals surface area contributed by atoms with Gasteiger partial charge in [-0.1, -0.05) is 6.07 Å². The van der Waals surface area contributed by atoms with E-state index in [1.54, 1.807) is 47.7 Å². The highest BCUT2D eigenvalue weighted by atomic mass is 32.2. The summed E-state index contributed by atoms with van der Waals surface area (Å²) < 4.78 is 38.1. The lowest BCUT2D eigenvalue weighted by Gasteiger charge is -2.32. The number of carbonyl (C=O) groups excluding carboxylic acids is 1. The fourth-order valence-electron chi connectivity index (χ4n) is 3.05. The van der Waals surface area contributed by atoms with Crippen LogP contribution >= 0.6 is 11.3 Å². The van der Waals surface area contributed by atoms with E-state index in [2.05, 4.69) is 4.72 Å². The van der Waals surface area contributed by atoms with Gasteiger partial charge in [0.1, 0.15) is 4.21 Å². The molecular formula is C18H22N2O5S2. The van der Waals surface area contributed by atoms with Crippen LogP contribution in [0.25, 0.3) is 0 Å². The van der Waals surface area contributed by atoms with Crippen LogP contribution in [0.4, 0.5) is 0 Å². The maximum Gasteiger partial charge on any atom is 0.253 e. The molecule has 1 aliphatic heterocycles. The van der Waals surface area contributed by atoms with Crippen LogP contribution in [-0.4, -0.2) is 52.6 Å². The van der Waals surface area contributed by atoms with E-state index in [0.29, 0.717) is 47.2 Å². The summed E-state index contributed by atoms with van der Waals surface area (Å²) >= 11 is 1.19. The van der Waals surface area contributed by atoms with E-state index in [-0.39, 0.29) is 11.9 Å². The van der Waals surface area contributed by atoms with Crippen molar-refractivity contribution in [2.24, 2.45) is 0 Å². The molecule has 1 N–H and O–H groups in total. The van der Waals surface area contributed by atoms with Gasteiger partial charge in [0.2, 0.25) is 10.0 Å². The van der Waals surface area contributed by atoms with Crippen molar-refractivity contribution < 1.29 is 22.7 Å². The number of benzene rings is 1. The quantitative estimate of drug-likeness (QED) is 0.790. The van der Waals surface area contributed by atoms with E-state index in [1.165, 1.54) is 18.4 Å². The molecule has 0 unspecified atom stereocenters. The van der Waals surface area contributed by atoms with Gasteiger partial charge in [0.25, 0.3) is 5.91 Å². The Bertz CT molecular complexity index is 888. The van der Waals surface area contributed by atoms with Crippen LogP contribution in [0.3, 0.4) is 0 Å². The molecule has 0 aliphatic carbocycles. The van der Waals surface area contributed by atoms with Crippen LogP contribution < -0.4 is 14.2 Å². The number of nitrogens with one attached hydrogen (secondary N) is 1. The van der Waals surface area contributed by atoms with Gasteiger partial charge in [-0.05, 0) is 42.5 Å². The summed E-state index contributed by atoms with van der Waals surface area (Å²) in [5, 5.41) is 1.74. The number of sulfonamides is 1. The summed E-state index contributed by atoms with van der Waals surface area (Å²) in [6.07, 6.45) is 1.15. The molecule has 1 aliphatic rings. The van der Waals surface area contributed by atoms with Crippen molar-refractivity contribution in [3.05, 3.63) is 41.3 Å². The zero-order valence-electron chi connectivity index (χ0n) is 15.2. The Kier molecular flexibility index (Phi) is 6.03. The van der Waals surface area contributed by atoms with Crippen molar-refractivity contribution in [1.82, 2.24) is 9.62 Å². The third-order valence-electron chi connectivity index (χ3n) is 4.49. The summed E-state index contributed by atoms with van der Waals surface area (Å²) in [4.78, 5) is 14.5. The summed E-state index contributed by atoms with van der Waals surface area (Å²) in [5.41, 5.74) is 0.519. The van der Waals surface area contributed by atoms with E-state index in [1.807, 2.05) is 0 Å². The molecule has 0 atom stereocenters. The standard InChI is InChI=1S/C18H22N2O5S2/c1-24-15-6-5-13(12-16(15)25-2)18(21)20-9-7-14(8-10-20)19-27(22,23)17-4-3-11-26-17/h3-6,11-12,14,19H,7-10H2,1-2H3. The topological polar surface area (TPSA) is 84.9 Å². The fourth-order valence-corrected chi connectivity index (χ4v) is 5.36. The van der Waals surface area contributed by atoms with Crippen molar-refractivity contribution in [1.29, 1.82) is 0 Å². The molecule has 7 nitrogen and oxygen atoms in total. The molecule has 1 saturated heterocycles. The summed E-state index contributed by atoms with van der Waals surface area (Å²) in [6, 6.07) is 8.19. The van der Waals surface area contributed by atoms with Gasteiger partial charge in [-0.25, -0.2) is 13.1 Å². The summed E-state index contributed by atoms with van der Waals surface area (Å²) in [7, 11) is -0.420. The smallest absolute Gasteiger partial charge is 0.253 e. The molecule has 0 bridgehead atoms. The normalized spacial score (nSPS) is 15.6. The Morgan fingerprint density at radius 2 is 1.85 bits per heavy atom. The van der Waals surface area contributed by atoms with Crippen molar-refractivity contribution in [3.8, 4) is 11.5 Å². The molecule has 3 rings (SSSR count). The zero-order valence-corrected chi connectivity index (χ0v) is 16.8. The van der Waals surface area contributed by atoms with Gasteiger partial charge in [0.05, 0.1) is 14.2 Å². The van der Waals surface area contributed by atoms with Crippen molar-refractivity contribution >= 4 is 27.3 Å². The molecular weight excluding hydrogens is 388 g/mol. The minimum Gasteiger partial charge on any atom is -0.493 e. The molecule has 27 heavy (non-hydrogen) atoms. The summed E-state index contributed by atoms with van der Waals surface area (Å²) in [6.45, 7) is 0.982. The molecule has 1 amide bonds. The second-order valence-electron chi connectivity index (χ2n) is 6.19. The maximum absolute atomic E-state index is 12.7. The van der Waals surface area contributed by atoms with E-state index in [0.717, 1.165) is 0 Å². The van der Waals surface area contributed by atoms with Gasteiger partial charge >= 0.3 is 0 Å². The highest BCUT2D eigenvalue weighted by molar-refractivity contribution is 7.91. The van der Waals surface area contributed by atoms with Crippen LogP contribution in [0, 0.1) is 0 Å². The average Bonchev–Trinajstić information content (AvgIpc) is 3.23. The SMILES string of the molecule is COc1ccc(C(=O)N2CCC(NS(=O)(=O)c3cccs3)CC2)cc1OC. The van der Waals surface area contributed by atoms with Crippen LogP contribution in [0.1, 0.15) is 23.2 Å². The third kappa shape index (κ3) is 4.42. The van der Waals surface area contributed by atoms with E-state index < -0.39 is 10.0 Å². The maximum atomic E-state index is 12.7. The number of hydrogen-bond acceptors (Lipinski definition) is 6. The van der Waals surface area contributed by atoms with Crippen LogP contribution in [0.15, 0.2) is 39.9 Å². The van der Waals surface area contributed by atoms with Crippen LogP contribution in [0.5, 0.6) is 11.5 Å². The predicted octanol–water partition coefficient (Wildman–Crippen LogP) is 2.35. The molecule has 1 fully saturated rings. The van der Waals surface area contributed by atoms with E-state index >= 15 is 0 Å². The molecule has 1 aromatic heterocycles. The third-order valence-corrected chi connectivity index (χ3v) is 7.41. The lowest BCUT2D eigenvalue weighted by Crippen LogP contribution is -2.46. The number of nitrogens with zero attached hydrogens (tertiary/aromatic N) is 1. The van der Waals surface area contributed by atoms with Crippen LogP contribution in [0.2, 0.25) is 0 Å². The number of amides is 1.